The minimum absolute atomic E-state index is 0.207. The lowest BCUT2D eigenvalue weighted by Gasteiger charge is -2.11. The van der Waals surface area contributed by atoms with E-state index in [1.807, 2.05) is 51.6 Å². The maximum absolute atomic E-state index is 10.5. The molecule has 35 heavy (non-hydrogen) atoms. The van der Waals surface area contributed by atoms with Gasteiger partial charge in [-0.15, -0.1) is 0 Å². The number of fused-ring (bicyclic) bond motifs is 2. The van der Waals surface area contributed by atoms with Crippen LogP contribution in [0.1, 0.15) is 25.3 Å². The molecular formula is C30H24N4O. The Hall–Kier alpha value is -4.51. The van der Waals surface area contributed by atoms with E-state index in [1.165, 1.54) is 5.56 Å². The zero-order valence-corrected chi connectivity index (χ0v) is 19.6. The summed E-state index contributed by atoms with van der Waals surface area (Å²) in [5, 5.41) is 11.5. The number of imidazole rings is 1. The first kappa shape index (κ1) is 21.1. The van der Waals surface area contributed by atoms with Crippen molar-refractivity contribution in [2.24, 2.45) is 0 Å². The molecule has 0 amide bonds. The Morgan fingerprint density at radius 3 is 2.54 bits per heavy atom. The van der Waals surface area contributed by atoms with Crippen molar-refractivity contribution >= 4 is 21.9 Å². The van der Waals surface area contributed by atoms with E-state index < -0.39 is 0 Å². The largest absolute Gasteiger partial charge is 0.511 e. The lowest BCUT2D eigenvalue weighted by molar-refractivity contribution is -0.572. The highest BCUT2D eigenvalue weighted by molar-refractivity contribution is 5.92. The van der Waals surface area contributed by atoms with Crippen LogP contribution in [0.4, 0.5) is 0 Å². The summed E-state index contributed by atoms with van der Waals surface area (Å²) < 4.78 is 3.91. The molecule has 0 radical (unpaired) electrons. The topological polar surface area (TPSA) is 54.8 Å². The summed E-state index contributed by atoms with van der Waals surface area (Å²) in [6.45, 7) is 4.37. The summed E-state index contributed by atoms with van der Waals surface area (Å²) in [6.07, 6.45) is 5.08. The van der Waals surface area contributed by atoms with Crippen molar-refractivity contribution in [1.82, 2.24) is 14.5 Å². The van der Waals surface area contributed by atoms with Gasteiger partial charge in [-0.1, -0.05) is 74.5 Å². The van der Waals surface area contributed by atoms with Crippen LogP contribution in [0.25, 0.3) is 44.6 Å². The normalized spacial score (nSPS) is 11.5. The van der Waals surface area contributed by atoms with E-state index >= 15 is 0 Å². The van der Waals surface area contributed by atoms with Crippen LogP contribution in [0.5, 0.6) is 5.75 Å². The van der Waals surface area contributed by atoms with Crippen LogP contribution in [0.2, 0.25) is 0 Å². The molecule has 0 aliphatic rings. The van der Waals surface area contributed by atoms with Crippen molar-refractivity contribution in [1.29, 1.82) is 0 Å². The van der Waals surface area contributed by atoms with Crippen molar-refractivity contribution in [3.63, 3.8) is 0 Å². The predicted octanol–water partition coefficient (Wildman–Crippen LogP) is 6.15. The molecular weight excluding hydrogens is 432 g/mol. The Labute approximate surface area is 203 Å². The lowest BCUT2D eigenvalue weighted by atomic mass is 9.99. The van der Waals surface area contributed by atoms with Crippen LogP contribution in [0.15, 0.2) is 97.3 Å². The number of para-hydroxylation sites is 4. The summed E-state index contributed by atoms with van der Waals surface area (Å²) in [6, 6.07) is 30.1. The highest BCUT2D eigenvalue weighted by Gasteiger charge is 2.15. The van der Waals surface area contributed by atoms with Gasteiger partial charge in [0, 0.05) is 5.39 Å². The first-order chi connectivity index (χ1) is 17.1. The van der Waals surface area contributed by atoms with Gasteiger partial charge in [-0.3, -0.25) is 9.13 Å². The molecule has 4 aromatic carbocycles. The van der Waals surface area contributed by atoms with Crippen LogP contribution < -0.4 is 4.57 Å². The van der Waals surface area contributed by atoms with Gasteiger partial charge in [-0.2, -0.15) is 0 Å². The number of benzene rings is 4. The van der Waals surface area contributed by atoms with Crippen molar-refractivity contribution in [2.75, 3.05) is 0 Å². The third kappa shape index (κ3) is 3.62. The molecule has 6 aromatic rings. The summed E-state index contributed by atoms with van der Waals surface area (Å²) in [4.78, 5) is 9.17. The molecule has 0 spiro atoms. The number of aromatic hydroxyl groups is 1. The van der Waals surface area contributed by atoms with Gasteiger partial charge in [0.1, 0.15) is 17.8 Å². The van der Waals surface area contributed by atoms with Crippen molar-refractivity contribution in [3.8, 4) is 28.4 Å². The van der Waals surface area contributed by atoms with Gasteiger partial charge in [0.05, 0.1) is 27.9 Å². The zero-order valence-electron chi connectivity index (χ0n) is 19.6. The van der Waals surface area contributed by atoms with Gasteiger partial charge in [0.2, 0.25) is 0 Å². The van der Waals surface area contributed by atoms with Gasteiger partial charge < -0.3 is 5.11 Å². The monoisotopic (exact) mass is 456 g/mol. The molecule has 0 saturated heterocycles. The second-order valence-corrected chi connectivity index (χ2v) is 8.95. The molecule has 6 rings (SSSR count). The summed E-state index contributed by atoms with van der Waals surface area (Å²) in [7, 11) is 0. The van der Waals surface area contributed by atoms with E-state index in [4.69, 9.17) is 0 Å². The Morgan fingerprint density at radius 1 is 0.857 bits per heavy atom. The Kier molecular flexibility index (Phi) is 5.03. The molecule has 0 atom stereocenters. The zero-order chi connectivity index (χ0) is 23.9. The molecule has 0 aliphatic heterocycles. The van der Waals surface area contributed by atoms with Gasteiger partial charge >= 0.3 is 0 Å². The maximum Gasteiger partial charge on any atom is 0.269 e. The number of rotatable bonds is 4. The Morgan fingerprint density at radius 2 is 1.69 bits per heavy atom. The SMILES string of the molecule is CC(C)c1ccc2c(-c3cccc(-[n+]4[c-]n(-c5ccccc5O)c5ccccc54)c3)ncnc2c1. The van der Waals surface area contributed by atoms with Crippen molar-refractivity contribution < 1.29 is 9.67 Å². The molecule has 170 valence electrons. The Bertz CT molecular complexity index is 1700. The van der Waals surface area contributed by atoms with Crippen LogP contribution in [-0.2, 0) is 0 Å². The second-order valence-electron chi connectivity index (χ2n) is 8.95. The molecule has 5 heteroatoms. The smallest absolute Gasteiger partial charge is 0.269 e. The number of phenolic OH excluding ortho intramolecular Hbond substituents is 1. The number of aromatic nitrogens is 4. The fourth-order valence-corrected chi connectivity index (χ4v) is 4.54. The summed E-state index contributed by atoms with van der Waals surface area (Å²) in [5.74, 6) is 0.646. The quantitative estimate of drug-likeness (QED) is 0.256. The third-order valence-corrected chi connectivity index (χ3v) is 6.39. The highest BCUT2D eigenvalue weighted by atomic mass is 16.3. The highest BCUT2D eigenvalue weighted by Crippen LogP contribution is 2.29. The first-order valence-corrected chi connectivity index (χ1v) is 11.7. The minimum Gasteiger partial charge on any atom is -0.511 e. The van der Waals surface area contributed by atoms with Crippen LogP contribution in [0, 0.1) is 6.33 Å². The average molecular weight is 457 g/mol. The van der Waals surface area contributed by atoms with Crippen LogP contribution >= 0.6 is 0 Å². The lowest BCUT2D eigenvalue weighted by Crippen LogP contribution is -2.29. The molecule has 2 aromatic heterocycles. The molecule has 0 saturated carbocycles. The van der Waals surface area contributed by atoms with Gasteiger partial charge in [0.15, 0.2) is 0 Å². The predicted molar refractivity (Wildman–Crippen MR) is 138 cm³/mol. The number of hydrogen-bond donors (Lipinski definition) is 1. The van der Waals surface area contributed by atoms with E-state index in [9.17, 15) is 5.11 Å². The number of hydrogen-bond acceptors (Lipinski definition) is 3. The minimum atomic E-state index is 0.207. The van der Waals surface area contributed by atoms with Gasteiger partial charge in [-0.05, 0) is 47.4 Å². The van der Waals surface area contributed by atoms with E-state index in [0.29, 0.717) is 11.6 Å². The summed E-state index contributed by atoms with van der Waals surface area (Å²) in [5.41, 5.74) is 7.69. The molecule has 0 unspecified atom stereocenters. The molecule has 0 bridgehead atoms. The molecule has 0 aliphatic carbocycles. The number of phenols is 1. The molecule has 1 N–H and O–H groups in total. The van der Waals surface area contributed by atoms with E-state index in [1.54, 1.807) is 12.4 Å². The Balaban J connectivity index is 1.52. The van der Waals surface area contributed by atoms with Gasteiger partial charge in [-0.25, -0.2) is 9.97 Å². The standard InChI is InChI=1S/C30H24N4O/c1-20(2)21-14-15-24-25(17-21)31-18-32-30(24)22-8-7-9-23(16-22)33-19-34(27-11-4-3-10-26(27)33)28-12-5-6-13-29(28)35/h3-18,20,35H,1-2H3. The maximum atomic E-state index is 10.5. The first-order valence-electron chi connectivity index (χ1n) is 11.7. The summed E-state index contributed by atoms with van der Waals surface area (Å²) >= 11 is 0. The van der Waals surface area contributed by atoms with Crippen LogP contribution in [-0.4, -0.2) is 19.6 Å². The van der Waals surface area contributed by atoms with Crippen LogP contribution in [0.3, 0.4) is 0 Å². The second kappa shape index (κ2) is 8.37. The van der Waals surface area contributed by atoms with E-state index in [0.717, 1.165) is 38.9 Å². The van der Waals surface area contributed by atoms with Gasteiger partial charge in [0.25, 0.3) is 6.33 Å². The van der Waals surface area contributed by atoms with E-state index in [2.05, 4.69) is 72.6 Å². The number of nitrogens with zero attached hydrogens (tertiary/aromatic N) is 4. The van der Waals surface area contributed by atoms with Crippen molar-refractivity contribution in [2.45, 2.75) is 19.8 Å². The fraction of sp³-hybridized carbons (Fsp3) is 0.100. The fourth-order valence-electron chi connectivity index (χ4n) is 4.54. The van der Waals surface area contributed by atoms with Crippen molar-refractivity contribution in [3.05, 3.63) is 109 Å². The average Bonchev–Trinajstić information content (AvgIpc) is 3.28. The van der Waals surface area contributed by atoms with E-state index in [-0.39, 0.29) is 5.75 Å². The third-order valence-electron chi connectivity index (χ3n) is 6.39. The molecule has 2 heterocycles. The molecule has 5 nitrogen and oxygen atoms in total. The molecule has 0 fully saturated rings.